The van der Waals surface area contributed by atoms with Crippen molar-refractivity contribution in [1.29, 1.82) is 0 Å². The summed E-state index contributed by atoms with van der Waals surface area (Å²) >= 11 is 6.01. The highest BCUT2D eigenvalue weighted by Gasteiger charge is 2.28. The van der Waals surface area contributed by atoms with E-state index in [1.807, 2.05) is 42.5 Å². The molecule has 0 radical (unpaired) electrons. The van der Waals surface area contributed by atoms with Gasteiger partial charge in [0.25, 0.3) is 0 Å². The number of amides is 1. The molecule has 2 N–H and O–H groups in total. The maximum Gasteiger partial charge on any atom is 0.234 e. The Hall–Kier alpha value is -2.24. The minimum atomic E-state index is -0.249. The third-order valence-electron chi connectivity index (χ3n) is 5.12. The van der Waals surface area contributed by atoms with Gasteiger partial charge < -0.3 is 14.8 Å². The van der Waals surface area contributed by atoms with Gasteiger partial charge in [-0.3, -0.25) is 10.1 Å². The first kappa shape index (κ1) is 19.5. The standard InChI is InChI=1S/C21H25ClN2O3/c1-3-21(4-2,16-6-8-17(22)9-7-16)24-13-20(25)23-12-15-5-10-18-19(11-15)27-14-26-18/h5-11,24H,3-4,12-14H2,1-2H3,(H,23,25). The van der Waals surface area contributed by atoms with Crippen LogP contribution in [0.15, 0.2) is 42.5 Å². The lowest BCUT2D eigenvalue weighted by atomic mass is 9.84. The summed E-state index contributed by atoms with van der Waals surface area (Å²) in [7, 11) is 0. The van der Waals surface area contributed by atoms with Gasteiger partial charge in [0.1, 0.15) is 0 Å². The van der Waals surface area contributed by atoms with Crippen molar-refractivity contribution in [2.75, 3.05) is 13.3 Å². The van der Waals surface area contributed by atoms with E-state index >= 15 is 0 Å². The van der Waals surface area contributed by atoms with Crippen molar-refractivity contribution in [2.45, 2.75) is 38.8 Å². The van der Waals surface area contributed by atoms with E-state index in [2.05, 4.69) is 24.5 Å². The normalized spacial score (nSPS) is 12.9. The molecule has 5 nitrogen and oxygen atoms in total. The van der Waals surface area contributed by atoms with E-state index in [1.54, 1.807) is 0 Å². The fourth-order valence-electron chi connectivity index (χ4n) is 3.34. The van der Waals surface area contributed by atoms with Crippen LogP contribution in [-0.4, -0.2) is 19.2 Å². The van der Waals surface area contributed by atoms with Crippen LogP contribution in [0.5, 0.6) is 11.5 Å². The van der Waals surface area contributed by atoms with Crippen LogP contribution in [-0.2, 0) is 16.9 Å². The molecule has 0 aromatic heterocycles. The van der Waals surface area contributed by atoms with Gasteiger partial charge in [-0.1, -0.05) is 43.6 Å². The molecule has 0 bridgehead atoms. The number of nitrogens with one attached hydrogen (secondary N) is 2. The molecule has 1 heterocycles. The monoisotopic (exact) mass is 388 g/mol. The summed E-state index contributed by atoms with van der Waals surface area (Å²) in [6.45, 7) is 5.18. The van der Waals surface area contributed by atoms with Crippen molar-refractivity contribution in [2.24, 2.45) is 0 Å². The number of hydrogen-bond acceptors (Lipinski definition) is 4. The molecule has 144 valence electrons. The fourth-order valence-corrected chi connectivity index (χ4v) is 3.47. The van der Waals surface area contributed by atoms with Crippen molar-refractivity contribution in [3.63, 3.8) is 0 Å². The summed E-state index contributed by atoms with van der Waals surface area (Å²) in [5.74, 6) is 1.41. The zero-order chi connectivity index (χ0) is 19.3. The lowest BCUT2D eigenvalue weighted by Gasteiger charge is -2.33. The van der Waals surface area contributed by atoms with E-state index in [4.69, 9.17) is 21.1 Å². The molecule has 1 aliphatic rings. The molecule has 0 aliphatic carbocycles. The number of carbonyl (C=O) groups is 1. The zero-order valence-electron chi connectivity index (χ0n) is 15.7. The van der Waals surface area contributed by atoms with E-state index < -0.39 is 0 Å². The predicted molar refractivity (Wildman–Crippen MR) is 106 cm³/mol. The molecule has 0 unspecified atom stereocenters. The zero-order valence-corrected chi connectivity index (χ0v) is 16.4. The topological polar surface area (TPSA) is 59.6 Å². The largest absolute Gasteiger partial charge is 0.454 e. The van der Waals surface area contributed by atoms with Crippen LogP contribution in [0.3, 0.4) is 0 Å². The van der Waals surface area contributed by atoms with Gasteiger partial charge in [0.05, 0.1) is 6.54 Å². The van der Waals surface area contributed by atoms with Crippen LogP contribution >= 0.6 is 11.6 Å². The van der Waals surface area contributed by atoms with E-state index in [9.17, 15) is 4.79 Å². The van der Waals surface area contributed by atoms with Crippen molar-refractivity contribution >= 4 is 17.5 Å². The summed E-state index contributed by atoms with van der Waals surface area (Å²) in [4.78, 5) is 12.4. The lowest BCUT2D eigenvalue weighted by Crippen LogP contribution is -2.46. The Labute approximate surface area is 165 Å². The maximum atomic E-state index is 12.4. The minimum absolute atomic E-state index is 0.0482. The number of ether oxygens (including phenoxy) is 2. The summed E-state index contributed by atoms with van der Waals surface area (Å²) in [5, 5.41) is 7.11. The highest BCUT2D eigenvalue weighted by Crippen LogP contribution is 2.32. The molecule has 0 fully saturated rings. The fraction of sp³-hybridized carbons (Fsp3) is 0.381. The van der Waals surface area contributed by atoms with Crippen molar-refractivity contribution in [3.05, 3.63) is 58.6 Å². The second-order valence-corrected chi connectivity index (χ2v) is 7.05. The average Bonchev–Trinajstić information content (AvgIpc) is 3.16. The molecule has 1 amide bonds. The number of halogens is 1. The molecule has 3 rings (SSSR count). The predicted octanol–water partition coefficient (Wildman–Crippen LogP) is 3.99. The highest BCUT2D eigenvalue weighted by molar-refractivity contribution is 6.30. The Kier molecular flexibility index (Phi) is 6.24. The van der Waals surface area contributed by atoms with Crippen LogP contribution in [0.4, 0.5) is 0 Å². The molecule has 0 saturated heterocycles. The van der Waals surface area contributed by atoms with Crippen LogP contribution in [0.2, 0.25) is 5.02 Å². The second-order valence-electron chi connectivity index (χ2n) is 6.61. The Morgan fingerprint density at radius 2 is 1.78 bits per heavy atom. The highest BCUT2D eigenvalue weighted by atomic mass is 35.5. The summed E-state index contributed by atoms with van der Waals surface area (Å²) in [6, 6.07) is 13.5. The Balaban J connectivity index is 1.57. The Bertz CT molecular complexity index is 789. The summed E-state index contributed by atoms with van der Waals surface area (Å²) in [6.07, 6.45) is 1.75. The van der Waals surface area contributed by atoms with Gasteiger partial charge in [0, 0.05) is 17.1 Å². The third kappa shape index (κ3) is 4.54. The van der Waals surface area contributed by atoms with Crippen LogP contribution in [0.25, 0.3) is 0 Å². The van der Waals surface area contributed by atoms with Crippen molar-refractivity contribution < 1.29 is 14.3 Å². The lowest BCUT2D eigenvalue weighted by molar-refractivity contribution is -0.120. The molecular formula is C21H25ClN2O3. The van der Waals surface area contributed by atoms with E-state index in [1.165, 1.54) is 0 Å². The quantitative estimate of drug-likeness (QED) is 0.717. The summed E-state index contributed by atoms with van der Waals surface area (Å²) < 4.78 is 10.7. The first-order valence-electron chi connectivity index (χ1n) is 9.22. The molecule has 1 aliphatic heterocycles. The van der Waals surface area contributed by atoms with Gasteiger partial charge in [-0.05, 0) is 48.2 Å². The first-order chi connectivity index (χ1) is 13.1. The van der Waals surface area contributed by atoms with Gasteiger partial charge in [-0.15, -0.1) is 0 Å². The summed E-state index contributed by atoms with van der Waals surface area (Å²) in [5.41, 5.74) is 1.86. The van der Waals surface area contributed by atoms with Gasteiger partial charge >= 0.3 is 0 Å². The van der Waals surface area contributed by atoms with Gasteiger partial charge in [0.15, 0.2) is 11.5 Å². The molecule has 2 aromatic rings. The first-order valence-corrected chi connectivity index (χ1v) is 9.60. The van der Waals surface area contributed by atoms with E-state index in [0.29, 0.717) is 11.6 Å². The molecule has 0 atom stereocenters. The Morgan fingerprint density at radius 3 is 2.48 bits per heavy atom. The van der Waals surface area contributed by atoms with Gasteiger partial charge in [0.2, 0.25) is 12.7 Å². The number of benzene rings is 2. The Morgan fingerprint density at radius 1 is 1.07 bits per heavy atom. The molecule has 2 aromatic carbocycles. The average molecular weight is 389 g/mol. The second kappa shape index (κ2) is 8.63. The molecule has 6 heteroatoms. The molecule has 27 heavy (non-hydrogen) atoms. The minimum Gasteiger partial charge on any atom is -0.454 e. The van der Waals surface area contributed by atoms with E-state index in [-0.39, 0.29) is 24.8 Å². The van der Waals surface area contributed by atoms with Crippen LogP contribution in [0, 0.1) is 0 Å². The van der Waals surface area contributed by atoms with Crippen molar-refractivity contribution in [1.82, 2.24) is 10.6 Å². The number of carbonyl (C=O) groups excluding carboxylic acids is 1. The molecular weight excluding hydrogens is 364 g/mol. The van der Waals surface area contributed by atoms with Crippen LogP contribution in [0.1, 0.15) is 37.8 Å². The van der Waals surface area contributed by atoms with Crippen LogP contribution < -0.4 is 20.1 Å². The van der Waals surface area contributed by atoms with Gasteiger partial charge in [-0.25, -0.2) is 0 Å². The third-order valence-corrected chi connectivity index (χ3v) is 5.37. The van der Waals surface area contributed by atoms with Gasteiger partial charge in [-0.2, -0.15) is 0 Å². The van der Waals surface area contributed by atoms with E-state index in [0.717, 1.165) is 35.5 Å². The van der Waals surface area contributed by atoms with Crippen molar-refractivity contribution in [3.8, 4) is 11.5 Å². The number of rotatable bonds is 8. The molecule has 0 saturated carbocycles. The smallest absolute Gasteiger partial charge is 0.234 e. The maximum absolute atomic E-state index is 12.4. The number of hydrogen-bond donors (Lipinski definition) is 2. The molecule has 0 spiro atoms. The SMILES string of the molecule is CCC(CC)(NCC(=O)NCc1ccc2c(c1)OCO2)c1ccc(Cl)cc1. The number of fused-ring (bicyclic) bond motifs is 1.